The lowest BCUT2D eigenvalue weighted by Gasteiger charge is -2.27. The Labute approximate surface area is 105 Å². The minimum absolute atomic E-state index is 0.262. The number of ketones is 1. The molecule has 1 aliphatic heterocycles. The standard InChI is InChI=1S/C14H26OS/c1-11(14(2,3)4)9-13(15)10-12-5-7-16-8-6-12/h11-12H,5-10H2,1-4H3. The van der Waals surface area contributed by atoms with E-state index in [1.165, 1.54) is 24.3 Å². The lowest BCUT2D eigenvalue weighted by atomic mass is 9.78. The zero-order chi connectivity index (χ0) is 12.2. The molecule has 1 fully saturated rings. The highest BCUT2D eigenvalue weighted by molar-refractivity contribution is 7.99. The maximum atomic E-state index is 12.0. The molecule has 1 aliphatic rings. The van der Waals surface area contributed by atoms with Gasteiger partial charge in [-0.3, -0.25) is 4.79 Å². The van der Waals surface area contributed by atoms with E-state index in [1.54, 1.807) is 0 Å². The molecule has 0 bridgehead atoms. The normalized spacial score (nSPS) is 20.8. The Balaban J connectivity index is 2.29. The zero-order valence-electron chi connectivity index (χ0n) is 11.2. The molecule has 0 spiro atoms. The van der Waals surface area contributed by atoms with Crippen LogP contribution in [0.2, 0.25) is 0 Å². The van der Waals surface area contributed by atoms with E-state index in [2.05, 4.69) is 27.7 Å². The molecule has 1 unspecified atom stereocenters. The SMILES string of the molecule is CC(CC(=O)CC1CCSCC1)C(C)(C)C. The minimum Gasteiger partial charge on any atom is -0.300 e. The van der Waals surface area contributed by atoms with Gasteiger partial charge in [0.25, 0.3) is 0 Å². The number of carbonyl (C=O) groups excluding carboxylic acids is 1. The first-order chi connectivity index (χ1) is 7.39. The third kappa shape index (κ3) is 4.90. The van der Waals surface area contributed by atoms with Crippen molar-refractivity contribution in [3.05, 3.63) is 0 Å². The van der Waals surface area contributed by atoms with Crippen molar-refractivity contribution >= 4 is 17.5 Å². The summed E-state index contributed by atoms with van der Waals surface area (Å²) < 4.78 is 0. The number of rotatable bonds is 4. The molecule has 1 saturated heterocycles. The highest BCUT2D eigenvalue weighted by Crippen LogP contribution is 2.31. The molecule has 94 valence electrons. The van der Waals surface area contributed by atoms with Gasteiger partial charge in [-0.05, 0) is 41.6 Å². The van der Waals surface area contributed by atoms with Crippen LogP contribution in [0.4, 0.5) is 0 Å². The van der Waals surface area contributed by atoms with Gasteiger partial charge in [-0.2, -0.15) is 11.8 Å². The molecule has 16 heavy (non-hydrogen) atoms. The third-order valence-electron chi connectivity index (χ3n) is 3.87. The molecule has 1 nitrogen and oxygen atoms in total. The third-order valence-corrected chi connectivity index (χ3v) is 4.92. The highest BCUT2D eigenvalue weighted by atomic mass is 32.2. The van der Waals surface area contributed by atoms with Crippen molar-refractivity contribution in [2.24, 2.45) is 17.3 Å². The largest absolute Gasteiger partial charge is 0.300 e. The van der Waals surface area contributed by atoms with Crippen molar-refractivity contribution in [2.45, 2.75) is 53.4 Å². The fraction of sp³-hybridized carbons (Fsp3) is 0.929. The molecule has 0 aliphatic carbocycles. The first-order valence-electron chi connectivity index (χ1n) is 6.49. The summed E-state index contributed by atoms with van der Waals surface area (Å²) in [7, 11) is 0. The highest BCUT2D eigenvalue weighted by Gasteiger charge is 2.24. The van der Waals surface area contributed by atoms with Gasteiger partial charge >= 0.3 is 0 Å². The minimum atomic E-state index is 0.262. The number of carbonyl (C=O) groups is 1. The van der Waals surface area contributed by atoms with E-state index in [4.69, 9.17) is 0 Å². The summed E-state index contributed by atoms with van der Waals surface area (Å²) in [5.74, 6) is 4.18. The van der Waals surface area contributed by atoms with E-state index in [9.17, 15) is 4.79 Å². The smallest absolute Gasteiger partial charge is 0.133 e. The van der Waals surface area contributed by atoms with E-state index >= 15 is 0 Å². The Bertz CT molecular complexity index is 223. The molecule has 1 rings (SSSR count). The maximum absolute atomic E-state index is 12.0. The van der Waals surface area contributed by atoms with E-state index in [-0.39, 0.29) is 5.41 Å². The van der Waals surface area contributed by atoms with E-state index < -0.39 is 0 Å². The Morgan fingerprint density at radius 3 is 2.38 bits per heavy atom. The molecule has 1 atom stereocenters. The summed E-state index contributed by atoms with van der Waals surface area (Å²) in [5, 5.41) is 0. The van der Waals surface area contributed by atoms with Crippen LogP contribution in [0.5, 0.6) is 0 Å². The molecule has 0 amide bonds. The van der Waals surface area contributed by atoms with Crippen molar-refractivity contribution in [3.8, 4) is 0 Å². The Morgan fingerprint density at radius 1 is 1.31 bits per heavy atom. The van der Waals surface area contributed by atoms with Gasteiger partial charge in [0.05, 0.1) is 0 Å². The van der Waals surface area contributed by atoms with E-state index in [1.807, 2.05) is 11.8 Å². The second-order valence-corrected chi connectivity index (χ2v) is 7.49. The summed E-state index contributed by atoms with van der Waals surface area (Å²) in [6.07, 6.45) is 4.11. The van der Waals surface area contributed by atoms with Crippen LogP contribution in [0.25, 0.3) is 0 Å². The van der Waals surface area contributed by atoms with Crippen molar-refractivity contribution in [1.29, 1.82) is 0 Å². The van der Waals surface area contributed by atoms with E-state index in [0.717, 1.165) is 12.8 Å². The summed E-state index contributed by atoms with van der Waals surface area (Å²) in [6.45, 7) is 8.88. The summed E-state index contributed by atoms with van der Waals surface area (Å²) in [5.41, 5.74) is 0.262. The summed E-state index contributed by atoms with van der Waals surface area (Å²) in [6, 6.07) is 0. The second kappa shape index (κ2) is 6.09. The van der Waals surface area contributed by atoms with Crippen LogP contribution in [0.1, 0.15) is 53.4 Å². The van der Waals surface area contributed by atoms with Crippen molar-refractivity contribution in [2.75, 3.05) is 11.5 Å². The summed E-state index contributed by atoms with van der Waals surface area (Å²) >= 11 is 2.03. The topological polar surface area (TPSA) is 17.1 Å². The van der Waals surface area contributed by atoms with E-state index in [0.29, 0.717) is 17.6 Å². The predicted octanol–water partition coefficient (Wildman–Crippen LogP) is 4.16. The molecular formula is C14H26OS. The number of hydrogen-bond donors (Lipinski definition) is 0. The predicted molar refractivity (Wildman–Crippen MR) is 72.9 cm³/mol. The molecule has 1 heterocycles. The van der Waals surface area contributed by atoms with Gasteiger partial charge in [0.2, 0.25) is 0 Å². The first kappa shape index (κ1) is 14.1. The van der Waals surface area contributed by atoms with Gasteiger partial charge in [0, 0.05) is 12.8 Å². The van der Waals surface area contributed by atoms with Gasteiger partial charge in [-0.15, -0.1) is 0 Å². The van der Waals surface area contributed by atoms with Crippen molar-refractivity contribution < 1.29 is 4.79 Å². The van der Waals surface area contributed by atoms with Crippen LogP contribution in [-0.2, 0) is 4.79 Å². The maximum Gasteiger partial charge on any atom is 0.133 e. The molecule has 0 radical (unpaired) electrons. The van der Waals surface area contributed by atoms with Crippen LogP contribution < -0.4 is 0 Å². The van der Waals surface area contributed by atoms with Gasteiger partial charge in [-0.1, -0.05) is 27.7 Å². The summed E-state index contributed by atoms with van der Waals surface area (Å²) in [4.78, 5) is 12.0. The average Bonchev–Trinajstić information content (AvgIpc) is 2.17. The van der Waals surface area contributed by atoms with Gasteiger partial charge in [-0.25, -0.2) is 0 Å². The van der Waals surface area contributed by atoms with Gasteiger partial charge in [0.15, 0.2) is 0 Å². The van der Waals surface area contributed by atoms with Crippen LogP contribution in [0, 0.1) is 17.3 Å². The zero-order valence-corrected chi connectivity index (χ0v) is 12.0. The van der Waals surface area contributed by atoms with Gasteiger partial charge < -0.3 is 0 Å². The van der Waals surface area contributed by atoms with Crippen LogP contribution in [-0.4, -0.2) is 17.3 Å². The lowest BCUT2D eigenvalue weighted by molar-refractivity contribution is -0.121. The molecule has 0 aromatic rings. The Morgan fingerprint density at radius 2 is 1.88 bits per heavy atom. The molecule has 0 saturated carbocycles. The van der Waals surface area contributed by atoms with Gasteiger partial charge in [0.1, 0.15) is 5.78 Å². The lowest BCUT2D eigenvalue weighted by Crippen LogP contribution is -2.22. The quantitative estimate of drug-likeness (QED) is 0.736. The van der Waals surface area contributed by atoms with Crippen LogP contribution in [0.15, 0.2) is 0 Å². The monoisotopic (exact) mass is 242 g/mol. The average molecular weight is 242 g/mol. The number of thioether (sulfide) groups is 1. The second-order valence-electron chi connectivity index (χ2n) is 6.27. The Kier molecular flexibility index (Phi) is 5.36. The van der Waals surface area contributed by atoms with Crippen LogP contribution >= 0.6 is 11.8 Å². The molecule has 2 heteroatoms. The number of hydrogen-bond acceptors (Lipinski definition) is 2. The number of Topliss-reactive ketones (excluding diaryl/α,β-unsaturated/α-hetero) is 1. The van der Waals surface area contributed by atoms with Crippen molar-refractivity contribution in [1.82, 2.24) is 0 Å². The fourth-order valence-electron chi connectivity index (χ4n) is 2.00. The molecular weight excluding hydrogens is 216 g/mol. The fourth-order valence-corrected chi connectivity index (χ4v) is 3.21. The molecule has 0 aromatic carbocycles. The molecule has 0 aromatic heterocycles. The Hall–Kier alpha value is 0.0200. The van der Waals surface area contributed by atoms with Crippen LogP contribution in [0.3, 0.4) is 0 Å². The molecule has 0 N–H and O–H groups in total. The van der Waals surface area contributed by atoms with Crippen molar-refractivity contribution in [3.63, 3.8) is 0 Å². The first-order valence-corrected chi connectivity index (χ1v) is 7.64.